The molecule has 0 radical (unpaired) electrons. The summed E-state index contributed by atoms with van der Waals surface area (Å²) in [5.41, 5.74) is 1.75. The van der Waals surface area contributed by atoms with Crippen LogP contribution >= 0.6 is 11.6 Å². The number of benzene rings is 3. The standard InChI is InChI=1S/C21H17ClN2O2/c22-18-13-11-15(12-14-18)19(23-20(25)16-7-3-1-4-8-16)24-21(26)17-9-5-2-6-10-17/h1-14,19H,(H,23,25)(H,24,26). The van der Waals surface area contributed by atoms with Gasteiger partial charge in [0.15, 0.2) is 0 Å². The summed E-state index contributed by atoms with van der Waals surface area (Å²) in [6.07, 6.45) is -0.687. The van der Waals surface area contributed by atoms with Crippen molar-refractivity contribution in [1.29, 1.82) is 0 Å². The van der Waals surface area contributed by atoms with Crippen LogP contribution in [-0.2, 0) is 0 Å². The van der Waals surface area contributed by atoms with Gasteiger partial charge in [-0.25, -0.2) is 0 Å². The van der Waals surface area contributed by atoms with Gasteiger partial charge in [0.05, 0.1) is 0 Å². The van der Waals surface area contributed by atoms with E-state index in [0.717, 1.165) is 5.56 Å². The van der Waals surface area contributed by atoms with Gasteiger partial charge in [-0.2, -0.15) is 0 Å². The lowest BCUT2D eigenvalue weighted by Gasteiger charge is -2.21. The molecule has 3 aromatic rings. The second-order valence-electron chi connectivity index (χ2n) is 5.66. The van der Waals surface area contributed by atoms with Crippen molar-refractivity contribution < 1.29 is 9.59 Å². The zero-order valence-corrected chi connectivity index (χ0v) is 14.6. The Balaban J connectivity index is 1.83. The number of hydrogen-bond acceptors (Lipinski definition) is 2. The number of halogens is 1. The van der Waals surface area contributed by atoms with Crippen molar-refractivity contribution in [3.05, 3.63) is 107 Å². The average Bonchev–Trinajstić information content (AvgIpc) is 2.69. The first-order valence-electron chi connectivity index (χ1n) is 8.11. The highest BCUT2D eigenvalue weighted by atomic mass is 35.5. The Kier molecular flexibility index (Phi) is 5.66. The maximum atomic E-state index is 12.5. The zero-order chi connectivity index (χ0) is 18.4. The van der Waals surface area contributed by atoms with E-state index in [9.17, 15) is 9.59 Å². The van der Waals surface area contributed by atoms with Crippen LogP contribution in [0.2, 0.25) is 5.02 Å². The Hall–Kier alpha value is -3.11. The van der Waals surface area contributed by atoms with E-state index in [-0.39, 0.29) is 11.8 Å². The molecule has 0 aromatic heterocycles. The number of carbonyl (C=O) groups excluding carboxylic acids is 2. The molecule has 4 nitrogen and oxygen atoms in total. The molecule has 0 aliphatic rings. The summed E-state index contributed by atoms with van der Waals surface area (Å²) in [5, 5.41) is 6.29. The van der Waals surface area contributed by atoms with Gasteiger partial charge in [-0.15, -0.1) is 0 Å². The monoisotopic (exact) mass is 364 g/mol. The molecular weight excluding hydrogens is 348 g/mol. The summed E-state index contributed by atoms with van der Waals surface area (Å²) < 4.78 is 0. The van der Waals surface area contributed by atoms with Gasteiger partial charge in [0.2, 0.25) is 0 Å². The van der Waals surface area contributed by atoms with E-state index in [2.05, 4.69) is 10.6 Å². The highest BCUT2D eigenvalue weighted by molar-refractivity contribution is 6.30. The first kappa shape index (κ1) is 17.7. The summed E-state index contributed by atoms with van der Waals surface area (Å²) in [5.74, 6) is -0.558. The minimum absolute atomic E-state index is 0.279. The van der Waals surface area contributed by atoms with Crippen molar-refractivity contribution in [3.63, 3.8) is 0 Å². The number of rotatable bonds is 5. The Bertz CT molecular complexity index is 827. The molecule has 0 unspecified atom stereocenters. The molecule has 26 heavy (non-hydrogen) atoms. The Morgan fingerprint density at radius 1 is 0.654 bits per heavy atom. The summed E-state index contributed by atoms with van der Waals surface area (Å²) >= 11 is 5.94. The normalized spacial score (nSPS) is 10.4. The van der Waals surface area contributed by atoms with E-state index in [1.807, 2.05) is 12.1 Å². The van der Waals surface area contributed by atoms with Crippen molar-refractivity contribution in [2.24, 2.45) is 0 Å². The van der Waals surface area contributed by atoms with Crippen LogP contribution in [0.4, 0.5) is 0 Å². The van der Waals surface area contributed by atoms with Gasteiger partial charge in [-0.1, -0.05) is 60.1 Å². The molecule has 5 heteroatoms. The van der Waals surface area contributed by atoms with E-state index in [1.165, 1.54) is 0 Å². The summed E-state index contributed by atoms with van der Waals surface area (Å²) in [6.45, 7) is 0. The second-order valence-corrected chi connectivity index (χ2v) is 6.10. The quantitative estimate of drug-likeness (QED) is 0.666. The Labute approximate surface area is 156 Å². The average molecular weight is 365 g/mol. The molecule has 0 spiro atoms. The van der Waals surface area contributed by atoms with E-state index >= 15 is 0 Å². The van der Waals surface area contributed by atoms with Gasteiger partial charge in [-0.05, 0) is 42.0 Å². The van der Waals surface area contributed by atoms with Crippen LogP contribution < -0.4 is 10.6 Å². The van der Waals surface area contributed by atoms with Crippen LogP contribution in [0.5, 0.6) is 0 Å². The Morgan fingerprint density at radius 3 is 1.50 bits per heavy atom. The van der Waals surface area contributed by atoms with Crippen LogP contribution in [0.25, 0.3) is 0 Å². The van der Waals surface area contributed by atoms with Crippen molar-refractivity contribution in [1.82, 2.24) is 10.6 Å². The molecule has 0 saturated heterocycles. The molecule has 0 saturated carbocycles. The highest BCUT2D eigenvalue weighted by Crippen LogP contribution is 2.16. The van der Waals surface area contributed by atoms with Crippen LogP contribution in [0.15, 0.2) is 84.9 Å². The fourth-order valence-electron chi connectivity index (χ4n) is 2.47. The first-order chi connectivity index (χ1) is 12.6. The van der Waals surface area contributed by atoms with Gasteiger partial charge >= 0.3 is 0 Å². The molecule has 2 amide bonds. The number of hydrogen-bond donors (Lipinski definition) is 2. The molecule has 2 N–H and O–H groups in total. The van der Waals surface area contributed by atoms with Crippen LogP contribution in [-0.4, -0.2) is 11.8 Å². The number of amides is 2. The van der Waals surface area contributed by atoms with Crippen molar-refractivity contribution in [3.8, 4) is 0 Å². The highest BCUT2D eigenvalue weighted by Gasteiger charge is 2.18. The molecule has 0 bridgehead atoms. The molecule has 0 atom stereocenters. The van der Waals surface area contributed by atoms with Crippen molar-refractivity contribution >= 4 is 23.4 Å². The second kappa shape index (κ2) is 8.32. The predicted octanol–water partition coefficient (Wildman–Crippen LogP) is 4.20. The predicted molar refractivity (Wildman–Crippen MR) is 102 cm³/mol. The minimum Gasteiger partial charge on any atom is -0.328 e. The van der Waals surface area contributed by atoms with Gasteiger partial charge in [-0.3, -0.25) is 9.59 Å². The van der Waals surface area contributed by atoms with Crippen molar-refractivity contribution in [2.45, 2.75) is 6.17 Å². The lowest BCUT2D eigenvalue weighted by molar-refractivity contribution is 0.0883. The summed E-state index contributed by atoms with van der Waals surface area (Å²) in [4.78, 5) is 25.0. The third-order valence-corrected chi connectivity index (χ3v) is 4.08. The van der Waals surface area contributed by atoms with Gasteiger partial charge in [0.25, 0.3) is 11.8 Å². The van der Waals surface area contributed by atoms with Gasteiger partial charge in [0, 0.05) is 16.1 Å². The minimum atomic E-state index is -0.687. The molecule has 3 rings (SSSR count). The zero-order valence-electron chi connectivity index (χ0n) is 13.9. The fourth-order valence-corrected chi connectivity index (χ4v) is 2.59. The van der Waals surface area contributed by atoms with Crippen LogP contribution in [0, 0.1) is 0 Å². The summed E-state index contributed by atoms with van der Waals surface area (Å²) in [6, 6.07) is 24.6. The molecule has 0 aliphatic carbocycles. The molecular formula is C21H17ClN2O2. The van der Waals surface area contributed by atoms with Crippen LogP contribution in [0.1, 0.15) is 32.4 Å². The van der Waals surface area contributed by atoms with Gasteiger partial charge in [0.1, 0.15) is 6.17 Å². The first-order valence-corrected chi connectivity index (χ1v) is 8.48. The molecule has 0 heterocycles. The third-order valence-electron chi connectivity index (χ3n) is 3.83. The number of carbonyl (C=O) groups is 2. The summed E-state index contributed by atoms with van der Waals surface area (Å²) in [7, 11) is 0. The van der Waals surface area contributed by atoms with E-state index in [1.54, 1.807) is 72.8 Å². The maximum absolute atomic E-state index is 12.5. The maximum Gasteiger partial charge on any atom is 0.253 e. The molecule has 0 aliphatic heterocycles. The van der Waals surface area contributed by atoms with E-state index < -0.39 is 6.17 Å². The number of nitrogens with one attached hydrogen (secondary N) is 2. The smallest absolute Gasteiger partial charge is 0.253 e. The molecule has 0 fully saturated rings. The lowest BCUT2D eigenvalue weighted by atomic mass is 10.1. The molecule has 130 valence electrons. The Morgan fingerprint density at radius 2 is 1.08 bits per heavy atom. The third kappa shape index (κ3) is 4.49. The topological polar surface area (TPSA) is 58.2 Å². The van der Waals surface area contributed by atoms with E-state index in [0.29, 0.717) is 16.1 Å². The lowest BCUT2D eigenvalue weighted by Crippen LogP contribution is -2.41. The van der Waals surface area contributed by atoms with Crippen LogP contribution in [0.3, 0.4) is 0 Å². The van der Waals surface area contributed by atoms with E-state index in [4.69, 9.17) is 11.6 Å². The van der Waals surface area contributed by atoms with Crippen molar-refractivity contribution in [2.75, 3.05) is 0 Å². The largest absolute Gasteiger partial charge is 0.328 e. The molecule has 3 aromatic carbocycles. The van der Waals surface area contributed by atoms with Gasteiger partial charge < -0.3 is 10.6 Å². The SMILES string of the molecule is O=C(NC(NC(=O)c1ccccc1)c1ccc(Cl)cc1)c1ccccc1. The fraction of sp³-hybridized carbons (Fsp3) is 0.0476.